The zero-order valence-corrected chi connectivity index (χ0v) is 18.9. The van der Waals surface area contributed by atoms with Gasteiger partial charge in [-0.3, -0.25) is 9.52 Å². The van der Waals surface area contributed by atoms with Crippen LogP contribution in [-0.4, -0.2) is 41.9 Å². The molecular formula is C21H23FN4O3S2. The predicted molar refractivity (Wildman–Crippen MR) is 118 cm³/mol. The van der Waals surface area contributed by atoms with Gasteiger partial charge >= 0.3 is 0 Å². The molecule has 0 saturated carbocycles. The Morgan fingerprint density at radius 1 is 1.19 bits per heavy atom. The second-order valence-corrected chi connectivity index (χ2v) is 10.3. The van der Waals surface area contributed by atoms with E-state index in [1.165, 1.54) is 41.8 Å². The highest BCUT2D eigenvalue weighted by atomic mass is 32.2. The highest BCUT2D eigenvalue weighted by Crippen LogP contribution is 2.32. The summed E-state index contributed by atoms with van der Waals surface area (Å²) in [6.45, 7) is 3.30. The molecule has 1 aromatic carbocycles. The fraction of sp³-hybridized carbons (Fsp3) is 0.333. The van der Waals surface area contributed by atoms with Crippen molar-refractivity contribution in [3.8, 4) is 10.7 Å². The third-order valence-electron chi connectivity index (χ3n) is 5.22. The molecule has 0 spiro atoms. The lowest BCUT2D eigenvalue weighted by molar-refractivity contribution is 0.0728. The molecule has 2 aromatic heterocycles. The first-order valence-corrected chi connectivity index (χ1v) is 12.3. The number of likely N-dealkylation sites (tertiary alicyclic amines) is 1. The van der Waals surface area contributed by atoms with Gasteiger partial charge in [-0.25, -0.2) is 17.8 Å². The van der Waals surface area contributed by atoms with Gasteiger partial charge in [-0.05, 0) is 50.5 Å². The van der Waals surface area contributed by atoms with Crippen molar-refractivity contribution in [2.24, 2.45) is 7.05 Å². The van der Waals surface area contributed by atoms with Gasteiger partial charge in [0.25, 0.3) is 15.9 Å². The largest absolute Gasteiger partial charge is 0.347 e. The smallest absolute Gasteiger partial charge is 0.265 e. The molecule has 1 N–H and O–H groups in total. The number of nitrogens with zero attached hydrogens (tertiary/aromatic N) is 3. The normalized spacial score (nSPS) is 14.6. The molecule has 0 bridgehead atoms. The third kappa shape index (κ3) is 4.49. The maximum absolute atomic E-state index is 13.4. The standard InChI is InChI=1S/C21H23FN4O3S2/c1-14-19(21(27)26-9-4-3-5-10-26)30-20(23-14)18-12-17(13-25(18)2)31(28,29)24-16-8-6-7-15(22)11-16/h6-8,11-13,24H,3-5,9-10H2,1-2H3. The third-order valence-corrected chi connectivity index (χ3v) is 7.74. The van der Waals surface area contributed by atoms with E-state index in [1.807, 2.05) is 4.90 Å². The van der Waals surface area contributed by atoms with Crippen molar-refractivity contribution in [3.05, 3.63) is 52.9 Å². The Labute approximate surface area is 184 Å². The van der Waals surface area contributed by atoms with Crippen LogP contribution < -0.4 is 4.72 Å². The Balaban J connectivity index is 1.61. The summed E-state index contributed by atoms with van der Waals surface area (Å²) in [7, 11) is -2.19. The zero-order valence-electron chi connectivity index (χ0n) is 17.3. The lowest BCUT2D eigenvalue weighted by atomic mass is 10.1. The summed E-state index contributed by atoms with van der Waals surface area (Å²) in [5.41, 5.74) is 1.37. The monoisotopic (exact) mass is 462 g/mol. The van der Waals surface area contributed by atoms with Crippen LogP contribution in [0.25, 0.3) is 10.7 Å². The van der Waals surface area contributed by atoms with E-state index in [2.05, 4.69) is 9.71 Å². The molecule has 0 radical (unpaired) electrons. The lowest BCUT2D eigenvalue weighted by Crippen LogP contribution is -2.35. The second kappa shape index (κ2) is 8.43. The number of hydrogen-bond donors (Lipinski definition) is 1. The van der Waals surface area contributed by atoms with Crippen molar-refractivity contribution < 1.29 is 17.6 Å². The number of aryl methyl sites for hydroxylation is 2. The molecule has 7 nitrogen and oxygen atoms in total. The van der Waals surface area contributed by atoms with Crippen LogP contribution in [0.15, 0.2) is 41.4 Å². The van der Waals surface area contributed by atoms with E-state index in [9.17, 15) is 17.6 Å². The minimum atomic E-state index is -3.91. The number of carbonyl (C=O) groups is 1. The van der Waals surface area contributed by atoms with Crippen LogP contribution in [0.3, 0.4) is 0 Å². The summed E-state index contributed by atoms with van der Waals surface area (Å²) in [4.78, 5) is 19.9. The molecule has 1 amide bonds. The predicted octanol–water partition coefficient (Wildman–Crippen LogP) is 4.02. The quantitative estimate of drug-likeness (QED) is 0.621. The molecule has 10 heteroatoms. The van der Waals surface area contributed by atoms with E-state index in [-0.39, 0.29) is 16.5 Å². The van der Waals surface area contributed by atoms with Crippen molar-refractivity contribution in [1.29, 1.82) is 0 Å². The molecule has 0 atom stereocenters. The van der Waals surface area contributed by atoms with Crippen LogP contribution in [0, 0.1) is 12.7 Å². The summed E-state index contributed by atoms with van der Waals surface area (Å²) in [5, 5.41) is 0.576. The van der Waals surface area contributed by atoms with Gasteiger partial charge in [0, 0.05) is 26.3 Å². The Kier molecular flexibility index (Phi) is 5.85. The first-order valence-electron chi connectivity index (χ1n) is 9.96. The van der Waals surface area contributed by atoms with E-state index in [4.69, 9.17) is 0 Å². The van der Waals surface area contributed by atoms with Crippen molar-refractivity contribution in [3.63, 3.8) is 0 Å². The average molecular weight is 463 g/mol. The van der Waals surface area contributed by atoms with Crippen LogP contribution in [0.4, 0.5) is 10.1 Å². The topological polar surface area (TPSA) is 84.3 Å². The molecule has 1 saturated heterocycles. The molecule has 0 aliphatic carbocycles. The lowest BCUT2D eigenvalue weighted by Gasteiger charge is -2.26. The van der Waals surface area contributed by atoms with E-state index in [0.29, 0.717) is 21.3 Å². The summed E-state index contributed by atoms with van der Waals surface area (Å²) >= 11 is 1.27. The first kappa shape index (κ1) is 21.5. The maximum Gasteiger partial charge on any atom is 0.265 e. The molecule has 31 heavy (non-hydrogen) atoms. The summed E-state index contributed by atoms with van der Waals surface area (Å²) in [6.07, 6.45) is 4.63. The molecule has 3 aromatic rings. The average Bonchev–Trinajstić information content (AvgIpc) is 3.31. The summed E-state index contributed by atoms with van der Waals surface area (Å²) < 4.78 is 43.0. The van der Waals surface area contributed by atoms with Crippen molar-refractivity contribution in [2.75, 3.05) is 17.8 Å². The molecule has 1 fully saturated rings. The van der Waals surface area contributed by atoms with Gasteiger partial charge in [0.1, 0.15) is 20.6 Å². The van der Waals surface area contributed by atoms with E-state index < -0.39 is 15.8 Å². The van der Waals surface area contributed by atoms with Gasteiger partial charge in [-0.15, -0.1) is 11.3 Å². The fourth-order valence-electron chi connectivity index (χ4n) is 3.60. The van der Waals surface area contributed by atoms with Gasteiger partial charge in [0.2, 0.25) is 0 Å². The Hall–Kier alpha value is -2.72. The van der Waals surface area contributed by atoms with Crippen molar-refractivity contribution in [2.45, 2.75) is 31.1 Å². The van der Waals surface area contributed by atoms with Crippen LogP contribution in [-0.2, 0) is 17.1 Å². The Bertz CT molecular complexity index is 1230. The summed E-state index contributed by atoms with van der Waals surface area (Å²) in [6, 6.07) is 6.78. The molecule has 1 aliphatic heterocycles. The van der Waals surface area contributed by atoms with E-state index in [0.717, 1.165) is 38.4 Å². The number of amides is 1. The van der Waals surface area contributed by atoms with Gasteiger partial charge in [0.05, 0.1) is 17.1 Å². The van der Waals surface area contributed by atoms with Gasteiger partial charge in [0.15, 0.2) is 0 Å². The number of carbonyl (C=O) groups excluding carboxylic acids is 1. The highest BCUT2D eigenvalue weighted by Gasteiger charge is 2.25. The number of rotatable bonds is 5. The highest BCUT2D eigenvalue weighted by molar-refractivity contribution is 7.92. The number of nitrogens with one attached hydrogen (secondary N) is 1. The maximum atomic E-state index is 13.4. The van der Waals surface area contributed by atoms with Gasteiger partial charge in [-0.1, -0.05) is 6.07 Å². The number of sulfonamides is 1. The van der Waals surface area contributed by atoms with Crippen molar-refractivity contribution >= 4 is 33.0 Å². The number of halogens is 1. The zero-order chi connectivity index (χ0) is 22.2. The van der Waals surface area contributed by atoms with Gasteiger partial charge < -0.3 is 9.47 Å². The Morgan fingerprint density at radius 3 is 2.65 bits per heavy atom. The van der Waals surface area contributed by atoms with Crippen LogP contribution in [0.2, 0.25) is 0 Å². The first-order chi connectivity index (χ1) is 14.7. The van der Waals surface area contributed by atoms with Crippen LogP contribution in [0.1, 0.15) is 34.6 Å². The second-order valence-electron chi connectivity index (χ2n) is 7.57. The number of aromatic nitrogens is 2. The Morgan fingerprint density at radius 2 is 1.94 bits per heavy atom. The summed E-state index contributed by atoms with van der Waals surface area (Å²) in [5.74, 6) is -0.547. The fourth-order valence-corrected chi connectivity index (χ4v) is 5.82. The molecule has 0 unspecified atom stereocenters. The molecule has 4 rings (SSSR count). The minimum absolute atomic E-state index is 0.0178. The number of hydrogen-bond acceptors (Lipinski definition) is 5. The van der Waals surface area contributed by atoms with Crippen LogP contribution >= 0.6 is 11.3 Å². The molecule has 1 aliphatic rings. The van der Waals surface area contributed by atoms with Crippen LogP contribution in [0.5, 0.6) is 0 Å². The number of piperidine rings is 1. The SMILES string of the molecule is Cc1nc(-c2cc(S(=O)(=O)Nc3cccc(F)c3)cn2C)sc1C(=O)N1CCCCC1. The molecular weight excluding hydrogens is 439 g/mol. The van der Waals surface area contributed by atoms with Gasteiger partial charge in [-0.2, -0.15) is 0 Å². The number of anilines is 1. The van der Waals surface area contributed by atoms with E-state index >= 15 is 0 Å². The number of thiazole rings is 1. The molecule has 3 heterocycles. The molecule has 164 valence electrons. The van der Waals surface area contributed by atoms with Crippen molar-refractivity contribution in [1.82, 2.24) is 14.5 Å². The minimum Gasteiger partial charge on any atom is -0.347 e. The number of benzene rings is 1. The van der Waals surface area contributed by atoms with E-state index in [1.54, 1.807) is 18.5 Å².